The Morgan fingerprint density at radius 3 is 2.54 bits per heavy atom. The topological polar surface area (TPSA) is 92.8 Å². The van der Waals surface area contributed by atoms with Gasteiger partial charge in [-0.2, -0.15) is 4.31 Å². The van der Waals surface area contributed by atoms with Crippen molar-refractivity contribution >= 4 is 21.9 Å². The van der Waals surface area contributed by atoms with Crippen LogP contribution in [0.4, 0.5) is 0 Å². The molecule has 1 heterocycles. The lowest BCUT2D eigenvalue weighted by Crippen LogP contribution is -2.36. The predicted molar refractivity (Wildman–Crippen MR) is 107 cm³/mol. The maximum absolute atomic E-state index is 12.8. The normalized spacial score (nSPS) is 16.4. The van der Waals surface area contributed by atoms with E-state index in [9.17, 15) is 18.0 Å². The Kier molecular flexibility index (Phi) is 8.00. The number of rotatable bonds is 8. The summed E-state index contributed by atoms with van der Waals surface area (Å²) in [5, 5.41) is 2.76. The minimum absolute atomic E-state index is 0.0101. The number of aryl methyl sites for hydroxylation is 1. The molecule has 1 aliphatic rings. The molecule has 0 aromatic heterocycles. The van der Waals surface area contributed by atoms with Crippen molar-refractivity contribution in [3.63, 3.8) is 0 Å². The van der Waals surface area contributed by atoms with Crippen LogP contribution in [0.15, 0.2) is 23.1 Å². The largest absolute Gasteiger partial charge is 0.452 e. The van der Waals surface area contributed by atoms with Gasteiger partial charge in [-0.25, -0.2) is 13.2 Å². The fourth-order valence-corrected chi connectivity index (χ4v) is 4.81. The summed E-state index contributed by atoms with van der Waals surface area (Å²) >= 11 is 0. The van der Waals surface area contributed by atoms with Crippen molar-refractivity contribution in [3.8, 4) is 0 Å². The molecular formula is C20H30N2O5S. The lowest BCUT2D eigenvalue weighted by Gasteiger charge is -2.26. The Balaban J connectivity index is 2.08. The van der Waals surface area contributed by atoms with Gasteiger partial charge in [0.15, 0.2) is 6.61 Å². The lowest BCUT2D eigenvalue weighted by atomic mass is 10.1. The summed E-state index contributed by atoms with van der Waals surface area (Å²) in [6.45, 7) is 6.21. The van der Waals surface area contributed by atoms with Gasteiger partial charge >= 0.3 is 5.97 Å². The summed E-state index contributed by atoms with van der Waals surface area (Å²) in [7, 11) is -3.64. The second-order valence-electron chi connectivity index (χ2n) is 7.27. The molecule has 156 valence electrons. The van der Waals surface area contributed by atoms with Gasteiger partial charge in [-0.1, -0.05) is 25.8 Å². The molecule has 1 N–H and O–H groups in total. The van der Waals surface area contributed by atoms with E-state index in [-0.39, 0.29) is 22.4 Å². The average Bonchev–Trinajstić information content (AvgIpc) is 2.67. The number of esters is 1. The molecule has 1 aromatic rings. The Labute approximate surface area is 167 Å². The first-order valence-electron chi connectivity index (χ1n) is 9.83. The quantitative estimate of drug-likeness (QED) is 0.665. The van der Waals surface area contributed by atoms with Gasteiger partial charge in [-0.3, -0.25) is 4.79 Å². The number of benzene rings is 1. The zero-order chi connectivity index (χ0) is 20.7. The van der Waals surface area contributed by atoms with Gasteiger partial charge in [0.25, 0.3) is 5.91 Å². The first-order chi connectivity index (χ1) is 13.3. The van der Waals surface area contributed by atoms with E-state index in [1.807, 2.05) is 13.8 Å². The SMILES string of the molecule is CCC[C@@H](C)NC(=O)COC(=O)c1cc(S(=O)(=O)N2CCCCC2)ccc1C. The second kappa shape index (κ2) is 10.0. The number of piperidine rings is 1. The summed E-state index contributed by atoms with van der Waals surface area (Å²) in [5.41, 5.74) is 0.759. The molecule has 0 unspecified atom stereocenters. The number of ether oxygens (including phenoxy) is 1. The number of nitrogens with one attached hydrogen (secondary N) is 1. The predicted octanol–water partition coefficient (Wildman–Crippen LogP) is 2.63. The highest BCUT2D eigenvalue weighted by molar-refractivity contribution is 7.89. The molecule has 0 radical (unpaired) electrons. The molecular weight excluding hydrogens is 380 g/mol. The standard InChI is InChI=1S/C20H30N2O5S/c1-4-8-16(3)21-19(23)14-27-20(24)18-13-17(10-9-15(18)2)28(25,26)22-11-6-5-7-12-22/h9-10,13,16H,4-8,11-12,14H2,1-3H3,(H,21,23)/t16-/m1/s1. The van der Waals surface area contributed by atoms with Crippen LogP contribution in [0.3, 0.4) is 0 Å². The molecule has 2 rings (SSSR count). The smallest absolute Gasteiger partial charge is 0.338 e. The Morgan fingerprint density at radius 2 is 1.89 bits per heavy atom. The van der Waals surface area contributed by atoms with E-state index < -0.39 is 22.6 Å². The molecule has 0 bridgehead atoms. The summed E-state index contributed by atoms with van der Waals surface area (Å²) in [6.07, 6.45) is 4.49. The van der Waals surface area contributed by atoms with Crippen LogP contribution >= 0.6 is 0 Å². The molecule has 28 heavy (non-hydrogen) atoms. The number of hydrogen-bond acceptors (Lipinski definition) is 5. The van der Waals surface area contributed by atoms with Crippen molar-refractivity contribution in [2.45, 2.75) is 63.8 Å². The van der Waals surface area contributed by atoms with Crippen LogP contribution in [0, 0.1) is 6.92 Å². The van der Waals surface area contributed by atoms with Crippen molar-refractivity contribution in [3.05, 3.63) is 29.3 Å². The number of nitrogens with zero attached hydrogens (tertiary/aromatic N) is 1. The van der Waals surface area contributed by atoms with Gasteiger partial charge in [0.1, 0.15) is 0 Å². The minimum Gasteiger partial charge on any atom is -0.452 e. The van der Waals surface area contributed by atoms with E-state index >= 15 is 0 Å². The Morgan fingerprint density at radius 1 is 1.21 bits per heavy atom. The Hall–Kier alpha value is -1.93. The molecule has 1 saturated heterocycles. The zero-order valence-corrected chi connectivity index (χ0v) is 17.7. The van der Waals surface area contributed by atoms with Crippen molar-refractivity contribution < 1.29 is 22.7 Å². The maximum atomic E-state index is 12.8. The van der Waals surface area contributed by atoms with Gasteiger partial charge in [0, 0.05) is 19.1 Å². The lowest BCUT2D eigenvalue weighted by molar-refractivity contribution is -0.124. The molecule has 1 atom stereocenters. The van der Waals surface area contributed by atoms with Gasteiger partial charge in [-0.05, 0) is 50.8 Å². The summed E-state index contributed by atoms with van der Waals surface area (Å²) in [4.78, 5) is 24.4. The molecule has 1 fully saturated rings. The van der Waals surface area contributed by atoms with Crippen molar-refractivity contribution in [1.82, 2.24) is 9.62 Å². The molecule has 1 aromatic carbocycles. The van der Waals surface area contributed by atoms with Crippen LogP contribution in [0.5, 0.6) is 0 Å². The van der Waals surface area contributed by atoms with Crippen molar-refractivity contribution in [2.24, 2.45) is 0 Å². The van der Waals surface area contributed by atoms with Crippen molar-refractivity contribution in [2.75, 3.05) is 19.7 Å². The monoisotopic (exact) mass is 410 g/mol. The van der Waals surface area contributed by atoms with Gasteiger partial charge in [0.2, 0.25) is 10.0 Å². The molecule has 0 saturated carbocycles. The third kappa shape index (κ3) is 5.78. The third-order valence-corrected chi connectivity index (χ3v) is 6.74. The zero-order valence-electron chi connectivity index (χ0n) is 16.9. The Bertz CT molecular complexity index is 801. The number of hydrogen-bond donors (Lipinski definition) is 1. The number of carbonyl (C=O) groups is 2. The molecule has 1 aliphatic heterocycles. The van der Waals surface area contributed by atoms with E-state index in [4.69, 9.17) is 4.74 Å². The minimum atomic E-state index is -3.64. The molecule has 0 aliphatic carbocycles. The number of amides is 1. The van der Waals surface area contributed by atoms with Gasteiger partial charge < -0.3 is 10.1 Å². The first kappa shape index (κ1) is 22.4. The molecule has 1 amide bonds. The maximum Gasteiger partial charge on any atom is 0.338 e. The second-order valence-corrected chi connectivity index (χ2v) is 9.21. The van der Waals surface area contributed by atoms with Crippen LogP contribution in [0.1, 0.15) is 61.9 Å². The fourth-order valence-electron chi connectivity index (χ4n) is 3.27. The van der Waals surface area contributed by atoms with Gasteiger partial charge in [-0.15, -0.1) is 0 Å². The van der Waals surface area contributed by atoms with Crippen LogP contribution in [0.2, 0.25) is 0 Å². The summed E-state index contributed by atoms with van der Waals surface area (Å²) in [5.74, 6) is -1.07. The van der Waals surface area contributed by atoms with E-state index in [1.165, 1.54) is 16.4 Å². The van der Waals surface area contributed by atoms with E-state index in [1.54, 1.807) is 13.0 Å². The first-order valence-corrected chi connectivity index (χ1v) is 11.3. The molecule has 7 nitrogen and oxygen atoms in total. The van der Waals surface area contributed by atoms with Crippen LogP contribution in [-0.4, -0.2) is 50.3 Å². The van der Waals surface area contributed by atoms with Crippen LogP contribution in [-0.2, 0) is 19.6 Å². The van der Waals surface area contributed by atoms with Gasteiger partial charge in [0.05, 0.1) is 10.5 Å². The highest BCUT2D eigenvalue weighted by Crippen LogP contribution is 2.23. The number of sulfonamides is 1. The fraction of sp³-hybridized carbons (Fsp3) is 0.600. The van der Waals surface area contributed by atoms with Crippen LogP contribution < -0.4 is 5.32 Å². The van der Waals surface area contributed by atoms with Crippen LogP contribution in [0.25, 0.3) is 0 Å². The van der Waals surface area contributed by atoms with E-state index in [0.29, 0.717) is 18.7 Å². The molecule has 0 spiro atoms. The average molecular weight is 411 g/mol. The van der Waals surface area contributed by atoms with E-state index in [0.717, 1.165) is 32.1 Å². The highest BCUT2D eigenvalue weighted by Gasteiger charge is 2.27. The van der Waals surface area contributed by atoms with Crippen molar-refractivity contribution in [1.29, 1.82) is 0 Å². The van der Waals surface area contributed by atoms with E-state index in [2.05, 4.69) is 5.32 Å². The number of carbonyl (C=O) groups excluding carboxylic acids is 2. The molecule has 8 heteroatoms. The highest BCUT2D eigenvalue weighted by atomic mass is 32.2. The summed E-state index contributed by atoms with van der Waals surface area (Å²) in [6, 6.07) is 4.46. The third-order valence-electron chi connectivity index (χ3n) is 4.85. The summed E-state index contributed by atoms with van der Waals surface area (Å²) < 4.78 is 32.2.